The molecule has 6 heavy (non-hydrogen) atoms. The maximum Gasteiger partial charge on any atom is 0.194 e. The average molecular weight is 84.1 g/mol. The van der Waals surface area contributed by atoms with Gasteiger partial charge in [0.2, 0.25) is 0 Å². The lowest BCUT2D eigenvalue weighted by atomic mass is 10.5. The van der Waals surface area contributed by atoms with E-state index in [4.69, 9.17) is 4.74 Å². The van der Waals surface area contributed by atoms with Crippen molar-refractivity contribution in [2.75, 3.05) is 0 Å². The Morgan fingerprint density at radius 2 is 2.67 bits per heavy atom. The van der Waals surface area contributed by atoms with Crippen LogP contribution in [0.3, 0.4) is 0 Å². The van der Waals surface area contributed by atoms with Gasteiger partial charge in [0.1, 0.15) is 0 Å². The molecule has 0 saturated carbocycles. The second-order valence-electron chi connectivity index (χ2n) is 1.24. The van der Waals surface area contributed by atoms with Gasteiger partial charge >= 0.3 is 0 Å². The normalized spacial score (nSPS) is 31.8. The molecule has 0 aromatic rings. The van der Waals surface area contributed by atoms with Gasteiger partial charge in [-0.3, -0.25) is 4.99 Å². The first kappa shape index (κ1) is 3.81. The maximum atomic E-state index is 4.81. The van der Waals surface area contributed by atoms with Gasteiger partial charge in [0.15, 0.2) is 6.73 Å². The maximum absolute atomic E-state index is 4.81. The van der Waals surface area contributed by atoms with Crippen molar-refractivity contribution in [1.29, 1.82) is 0 Å². The predicted molar refractivity (Wildman–Crippen MR) is 23.3 cm³/mol. The molecule has 1 heterocycles. The summed E-state index contributed by atoms with van der Waals surface area (Å²) in [5.41, 5.74) is 0. The highest BCUT2D eigenvalue weighted by atomic mass is 16.5. The average Bonchev–Trinajstić information content (AvgIpc) is 1.86. The Labute approximate surface area is 36.8 Å². The Balaban J connectivity index is 2.38. The Bertz CT molecular complexity index is 69.9. The van der Waals surface area contributed by atoms with Crippen LogP contribution in [0.4, 0.5) is 0 Å². The number of rotatable bonds is 0. The van der Waals surface area contributed by atoms with E-state index < -0.39 is 0 Å². The second-order valence-corrected chi connectivity index (χ2v) is 1.24. The van der Waals surface area contributed by atoms with Crippen LogP contribution in [0.2, 0.25) is 0 Å². The van der Waals surface area contributed by atoms with Gasteiger partial charge in [-0.1, -0.05) is 0 Å². The van der Waals surface area contributed by atoms with E-state index in [-0.39, 0.29) is 6.10 Å². The molecular weight excluding hydrogens is 78.0 g/mol. The predicted octanol–water partition coefficient (Wildman–Crippen LogP) is 0.595. The van der Waals surface area contributed by atoms with Crippen LogP contribution in [-0.2, 0) is 4.74 Å². The Morgan fingerprint density at radius 1 is 1.83 bits per heavy atom. The highest BCUT2D eigenvalue weighted by Crippen LogP contribution is 1.97. The van der Waals surface area contributed by atoms with E-state index in [1.54, 1.807) is 6.21 Å². The number of hydrogen-bond donors (Lipinski definition) is 0. The van der Waals surface area contributed by atoms with Crippen molar-refractivity contribution in [1.82, 2.24) is 0 Å². The molecule has 0 N–H and O–H groups in total. The molecule has 0 amide bonds. The third-order valence-electron chi connectivity index (χ3n) is 0.632. The first-order valence-electron chi connectivity index (χ1n) is 1.90. The minimum absolute atomic E-state index is 0.199. The molecule has 2 heteroatoms. The Kier molecular flexibility index (Phi) is 0.881. The van der Waals surface area contributed by atoms with E-state index in [0.29, 0.717) is 0 Å². The molecule has 0 bridgehead atoms. The lowest BCUT2D eigenvalue weighted by Gasteiger charge is -1.90. The minimum atomic E-state index is 0.199. The van der Waals surface area contributed by atoms with Crippen molar-refractivity contribution < 1.29 is 4.74 Å². The molecule has 1 rings (SSSR count). The van der Waals surface area contributed by atoms with E-state index in [9.17, 15) is 0 Å². The highest BCUT2D eigenvalue weighted by molar-refractivity contribution is 5.64. The second kappa shape index (κ2) is 1.39. The molecule has 0 aromatic heterocycles. The summed E-state index contributed by atoms with van der Waals surface area (Å²) in [5, 5.41) is 0. The summed E-state index contributed by atoms with van der Waals surface area (Å²) in [7, 11) is 0. The molecule has 2 nitrogen and oxygen atoms in total. The first-order chi connectivity index (χ1) is 2.89. The topological polar surface area (TPSA) is 21.6 Å². The van der Waals surface area contributed by atoms with E-state index in [1.165, 1.54) is 6.73 Å². The van der Waals surface area contributed by atoms with Crippen LogP contribution in [-0.4, -0.2) is 12.3 Å². The van der Waals surface area contributed by atoms with Crippen LogP contribution >= 0.6 is 0 Å². The van der Waals surface area contributed by atoms with Gasteiger partial charge in [-0.15, -0.1) is 0 Å². The van der Waals surface area contributed by atoms with Crippen molar-refractivity contribution in [2.45, 2.75) is 13.0 Å². The van der Waals surface area contributed by atoms with Gasteiger partial charge in [-0.25, -0.2) is 0 Å². The van der Waals surface area contributed by atoms with E-state index in [1.807, 2.05) is 6.92 Å². The lowest BCUT2D eigenvalue weighted by Crippen LogP contribution is -1.97. The molecule has 1 atom stereocenters. The fraction of sp³-hybridized carbons (Fsp3) is 0.500. The standard InChI is InChI=1S/C4H6NO/c1-4-2-5-3-6-4/h2-4H,1H3. The van der Waals surface area contributed by atoms with Crippen molar-refractivity contribution in [3.63, 3.8) is 0 Å². The molecule has 1 radical (unpaired) electrons. The third kappa shape index (κ3) is 0.571. The third-order valence-corrected chi connectivity index (χ3v) is 0.632. The van der Waals surface area contributed by atoms with E-state index in [2.05, 4.69) is 4.99 Å². The quantitative estimate of drug-likeness (QED) is 0.421. The monoisotopic (exact) mass is 84.0 g/mol. The lowest BCUT2D eigenvalue weighted by molar-refractivity contribution is 0.195. The zero-order valence-corrected chi connectivity index (χ0v) is 3.59. The molecule has 1 aliphatic heterocycles. The van der Waals surface area contributed by atoms with Gasteiger partial charge in [0.05, 0.1) is 6.10 Å². The molecule has 0 saturated heterocycles. The zero-order valence-electron chi connectivity index (χ0n) is 3.59. The van der Waals surface area contributed by atoms with E-state index >= 15 is 0 Å². The first-order valence-corrected chi connectivity index (χ1v) is 1.90. The molecule has 33 valence electrons. The zero-order chi connectivity index (χ0) is 4.41. The number of aliphatic imine (C=N–C) groups is 1. The number of hydrogen-bond acceptors (Lipinski definition) is 2. The van der Waals surface area contributed by atoms with Gasteiger partial charge in [0.25, 0.3) is 0 Å². The number of nitrogens with zero attached hydrogens (tertiary/aromatic N) is 1. The van der Waals surface area contributed by atoms with Crippen LogP contribution in [0.25, 0.3) is 0 Å². The van der Waals surface area contributed by atoms with Crippen LogP contribution in [0.5, 0.6) is 0 Å². The fourth-order valence-electron chi connectivity index (χ4n) is 0.323. The molecule has 0 fully saturated rings. The summed E-state index contributed by atoms with van der Waals surface area (Å²) in [4.78, 5) is 3.69. The molecular formula is C4H6NO. The van der Waals surface area contributed by atoms with Crippen LogP contribution < -0.4 is 0 Å². The summed E-state index contributed by atoms with van der Waals surface area (Å²) in [5.74, 6) is 0. The molecule has 0 spiro atoms. The molecule has 0 aliphatic carbocycles. The van der Waals surface area contributed by atoms with Crippen molar-refractivity contribution in [3.05, 3.63) is 6.73 Å². The van der Waals surface area contributed by atoms with Gasteiger partial charge in [0, 0.05) is 6.21 Å². The summed E-state index contributed by atoms with van der Waals surface area (Å²) in [6, 6.07) is 0. The molecule has 1 aliphatic rings. The summed E-state index contributed by atoms with van der Waals surface area (Å²) in [6.07, 6.45) is 1.95. The van der Waals surface area contributed by atoms with Crippen molar-refractivity contribution >= 4 is 6.21 Å². The SMILES string of the molecule is CC1C=N[CH]O1. The van der Waals surface area contributed by atoms with Crippen molar-refractivity contribution in [3.8, 4) is 0 Å². The molecule has 0 aromatic carbocycles. The molecule has 1 unspecified atom stereocenters. The minimum Gasteiger partial charge on any atom is -0.343 e. The van der Waals surface area contributed by atoms with Gasteiger partial charge in [-0.05, 0) is 6.92 Å². The summed E-state index contributed by atoms with van der Waals surface area (Å²) >= 11 is 0. The smallest absolute Gasteiger partial charge is 0.194 e. The van der Waals surface area contributed by atoms with Gasteiger partial charge < -0.3 is 4.74 Å². The van der Waals surface area contributed by atoms with Crippen molar-refractivity contribution in [2.24, 2.45) is 4.99 Å². The van der Waals surface area contributed by atoms with Crippen LogP contribution in [0.15, 0.2) is 4.99 Å². The van der Waals surface area contributed by atoms with E-state index in [0.717, 1.165) is 0 Å². The Hall–Kier alpha value is -0.370. The fourth-order valence-corrected chi connectivity index (χ4v) is 0.323. The summed E-state index contributed by atoms with van der Waals surface area (Å²) < 4.78 is 4.81. The Morgan fingerprint density at radius 3 is 2.83 bits per heavy atom. The highest BCUT2D eigenvalue weighted by Gasteiger charge is 2.00. The van der Waals surface area contributed by atoms with Gasteiger partial charge in [-0.2, -0.15) is 0 Å². The number of ether oxygens (including phenoxy) is 1. The van der Waals surface area contributed by atoms with Crippen LogP contribution in [0, 0.1) is 6.73 Å². The van der Waals surface area contributed by atoms with Crippen LogP contribution in [0.1, 0.15) is 6.92 Å². The largest absolute Gasteiger partial charge is 0.343 e. The summed E-state index contributed by atoms with van der Waals surface area (Å²) in [6.45, 7) is 3.39.